The molecule has 1 N–H and O–H groups in total. The van der Waals surface area contributed by atoms with E-state index in [1.807, 2.05) is 30.8 Å². The predicted octanol–water partition coefficient (Wildman–Crippen LogP) is 2.73. The summed E-state index contributed by atoms with van der Waals surface area (Å²) in [6.45, 7) is 6.59. The second kappa shape index (κ2) is 7.05. The molecule has 0 saturated heterocycles. The first-order valence-electron chi connectivity index (χ1n) is 6.86. The Balaban J connectivity index is 2.07. The van der Waals surface area contributed by atoms with Gasteiger partial charge < -0.3 is 10.1 Å². The van der Waals surface area contributed by atoms with E-state index in [4.69, 9.17) is 4.74 Å². The Bertz CT molecular complexity index is 554. The third-order valence-electron chi connectivity index (χ3n) is 3.01. The fraction of sp³-hybridized carbons (Fsp3) is 0.400. The third-order valence-corrected chi connectivity index (χ3v) is 3.01. The lowest BCUT2D eigenvalue weighted by molar-refractivity contribution is 0.286. The molecule has 0 aliphatic heterocycles. The maximum absolute atomic E-state index is 13.9. The minimum atomic E-state index is -0.330. The van der Waals surface area contributed by atoms with Crippen LogP contribution in [0.5, 0.6) is 5.75 Å². The summed E-state index contributed by atoms with van der Waals surface area (Å²) in [5, 5.41) is 7.35. The largest absolute Gasteiger partial charge is 0.485 e. The van der Waals surface area contributed by atoms with E-state index in [2.05, 4.69) is 10.4 Å². The molecule has 20 heavy (non-hydrogen) atoms. The number of aryl methyl sites for hydroxylation is 1. The van der Waals surface area contributed by atoms with Gasteiger partial charge in [-0.05, 0) is 19.5 Å². The molecular weight excluding hydrogens is 257 g/mol. The summed E-state index contributed by atoms with van der Waals surface area (Å²) in [5.74, 6) is -0.0130. The molecule has 2 rings (SSSR count). The van der Waals surface area contributed by atoms with Crippen molar-refractivity contribution in [2.45, 2.75) is 33.5 Å². The van der Waals surface area contributed by atoms with Crippen LogP contribution in [0.1, 0.15) is 25.0 Å². The van der Waals surface area contributed by atoms with Gasteiger partial charge in [0.1, 0.15) is 6.61 Å². The van der Waals surface area contributed by atoms with Crippen LogP contribution in [-0.4, -0.2) is 16.3 Å². The summed E-state index contributed by atoms with van der Waals surface area (Å²) >= 11 is 0. The van der Waals surface area contributed by atoms with Crippen LogP contribution < -0.4 is 10.1 Å². The maximum Gasteiger partial charge on any atom is 0.165 e. The number of nitrogens with one attached hydrogen (secondary N) is 1. The third kappa shape index (κ3) is 3.57. The number of halogens is 1. The summed E-state index contributed by atoms with van der Waals surface area (Å²) < 4.78 is 21.3. The number of para-hydroxylation sites is 1. The van der Waals surface area contributed by atoms with E-state index >= 15 is 0 Å². The highest BCUT2D eigenvalue weighted by molar-refractivity contribution is 5.35. The molecule has 0 fully saturated rings. The smallest absolute Gasteiger partial charge is 0.165 e. The first kappa shape index (κ1) is 14.5. The average molecular weight is 277 g/mol. The van der Waals surface area contributed by atoms with Gasteiger partial charge in [-0.25, -0.2) is 4.39 Å². The van der Waals surface area contributed by atoms with Crippen LogP contribution in [0.25, 0.3) is 0 Å². The van der Waals surface area contributed by atoms with Crippen molar-refractivity contribution in [1.29, 1.82) is 0 Å². The molecule has 0 aliphatic rings. The van der Waals surface area contributed by atoms with Gasteiger partial charge in [-0.3, -0.25) is 4.68 Å². The first-order valence-corrected chi connectivity index (χ1v) is 6.86. The highest BCUT2D eigenvalue weighted by Gasteiger charge is 2.10. The van der Waals surface area contributed by atoms with Gasteiger partial charge in [-0.15, -0.1) is 0 Å². The number of nitrogens with zero attached hydrogens (tertiary/aromatic N) is 2. The zero-order valence-electron chi connectivity index (χ0n) is 11.9. The van der Waals surface area contributed by atoms with E-state index in [0.717, 1.165) is 24.2 Å². The number of ether oxygens (including phenoxy) is 1. The van der Waals surface area contributed by atoms with Crippen LogP contribution >= 0.6 is 0 Å². The Morgan fingerprint density at radius 1 is 1.35 bits per heavy atom. The summed E-state index contributed by atoms with van der Waals surface area (Å²) in [6.07, 6.45) is 3.65. The van der Waals surface area contributed by atoms with Gasteiger partial charge in [-0.2, -0.15) is 5.10 Å². The monoisotopic (exact) mass is 277 g/mol. The molecule has 5 heteroatoms. The van der Waals surface area contributed by atoms with Crippen molar-refractivity contribution in [1.82, 2.24) is 15.1 Å². The summed E-state index contributed by atoms with van der Waals surface area (Å²) in [7, 11) is 0. The van der Waals surface area contributed by atoms with E-state index in [-0.39, 0.29) is 5.82 Å². The van der Waals surface area contributed by atoms with Crippen molar-refractivity contribution in [2.75, 3.05) is 6.54 Å². The second-order valence-corrected chi connectivity index (χ2v) is 4.50. The van der Waals surface area contributed by atoms with Crippen LogP contribution in [0.3, 0.4) is 0 Å². The Morgan fingerprint density at radius 2 is 2.20 bits per heavy atom. The molecule has 2 aromatic rings. The number of aromatic nitrogens is 2. The molecule has 0 atom stereocenters. The highest BCUT2D eigenvalue weighted by Crippen LogP contribution is 2.23. The number of benzene rings is 1. The maximum atomic E-state index is 13.9. The van der Waals surface area contributed by atoms with E-state index in [9.17, 15) is 4.39 Å². The summed E-state index contributed by atoms with van der Waals surface area (Å²) in [6, 6.07) is 4.99. The molecule has 1 aromatic carbocycles. The molecular formula is C15H20FN3O. The van der Waals surface area contributed by atoms with E-state index in [0.29, 0.717) is 18.9 Å². The van der Waals surface area contributed by atoms with Crippen molar-refractivity contribution in [3.8, 4) is 5.75 Å². The Kier molecular flexibility index (Phi) is 5.12. The minimum absolute atomic E-state index is 0.317. The van der Waals surface area contributed by atoms with Crippen LogP contribution in [0.15, 0.2) is 30.6 Å². The number of hydrogen-bond donors (Lipinski definition) is 1. The molecule has 0 radical (unpaired) electrons. The van der Waals surface area contributed by atoms with Crippen molar-refractivity contribution in [3.05, 3.63) is 47.5 Å². The van der Waals surface area contributed by atoms with E-state index in [1.54, 1.807) is 12.3 Å². The number of hydrogen-bond acceptors (Lipinski definition) is 3. The van der Waals surface area contributed by atoms with Crippen molar-refractivity contribution in [2.24, 2.45) is 0 Å². The zero-order valence-corrected chi connectivity index (χ0v) is 11.9. The fourth-order valence-corrected chi connectivity index (χ4v) is 1.92. The molecule has 1 heterocycles. The molecule has 4 nitrogen and oxygen atoms in total. The highest BCUT2D eigenvalue weighted by atomic mass is 19.1. The summed E-state index contributed by atoms with van der Waals surface area (Å²) in [4.78, 5) is 0. The van der Waals surface area contributed by atoms with Crippen molar-refractivity contribution < 1.29 is 9.13 Å². The van der Waals surface area contributed by atoms with Crippen LogP contribution in [0, 0.1) is 5.82 Å². The van der Waals surface area contributed by atoms with Crippen molar-refractivity contribution >= 4 is 0 Å². The molecule has 0 saturated carbocycles. The van der Waals surface area contributed by atoms with Gasteiger partial charge in [0.15, 0.2) is 11.6 Å². The minimum Gasteiger partial charge on any atom is -0.485 e. The van der Waals surface area contributed by atoms with Crippen LogP contribution in [0.2, 0.25) is 0 Å². The lowest BCUT2D eigenvalue weighted by atomic mass is 10.2. The lowest BCUT2D eigenvalue weighted by Gasteiger charge is -2.12. The SMILES string of the molecule is CCNCc1cccc(F)c1OCc1cnn(CC)c1. The standard InChI is InChI=1S/C15H20FN3O/c1-3-17-9-13-6-5-7-14(16)15(13)20-11-12-8-18-19(4-2)10-12/h5-8,10,17H,3-4,9,11H2,1-2H3. The van der Waals surface area contributed by atoms with Gasteiger partial charge >= 0.3 is 0 Å². The van der Waals surface area contributed by atoms with Gasteiger partial charge in [-0.1, -0.05) is 19.1 Å². The van der Waals surface area contributed by atoms with Crippen LogP contribution in [0.4, 0.5) is 4.39 Å². The summed E-state index contributed by atoms with van der Waals surface area (Å²) in [5.41, 5.74) is 1.76. The Labute approximate surface area is 118 Å². The van der Waals surface area contributed by atoms with E-state index in [1.165, 1.54) is 6.07 Å². The molecule has 0 amide bonds. The fourth-order valence-electron chi connectivity index (χ4n) is 1.92. The molecule has 0 bridgehead atoms. The van der Waals surface area contributed by atoms with Gasteiger partial charge in [0, 0.05) is 30.4 Å². The van der Waals surface area contributed by atoms with Gasteiger partial charge in [0.2, 0.25) is 0 Å². The molecule has 108 valence electrons. The quantitative estimate of drug-likeness (QED) is 0.846. The van der Waals surface area contributed by atoms with E-state index < -0.39 is 0 Å². The zero-order chi connectivity index (χ0) is 14.4. The molecule has 1 aromatic heterocycles. The van der Waals surface area contributed by atoms with Gasteiger partial charge in [0.25, 0.3) is 0 Å². The lowest BCUT2D eigenvalue weighted by Crippen LogP contribution is -2.13. The van der Waals surface area contributed by atoms with Crippen molar-refractivity contribution in [3.63, 3.8) is 0 Å². The predicted molar refractivity (Wildman–Crippen MR) is 76.0 cm³/mol. The Morgan fingerprint density at radius 3 is 2.90 bits per heavy atom. The topological polar surface area (TPSA) is 39.1 Å². The van der Waals surface area contributed by atoms with Crippen LogP contribution in [-0.2, 0) is 19.7 Å². The molecule has 0 unspecified atom stereocenters. The normalized spacial score (nSPS) is 10.8. The number of rotatable bonds is 7. The second-order valence-electron chi connectivity index (χ2n) is 4.50. The first-order chi connectivity index (χ1) is 9.74. The Hall–Kier alpha value is -1.88. The van der Waals surface area contributed by atoms with Gasteiger partial charge in [0.05, 0.1) is 6.20 Å². The molecule has 0 aliphatic carbocycles. The molecule has 0 spiro atoms. The average Bonchev–Trinajstić information content (AvgIpc) is 2.92.